The molecule has 0 heterocycles. The van der Waals surface area contributed by atoms with Gasteiger partial charge in [0.25, 0.3) is 0 Å². The lowest BCUT2D eigenvalue weighted by Gasteiger charge is -1.96. The third-order valence-corrected chi connectivity index (χ3v) is 1.08. The van der Waals surface area contributed by atoms with Gasteiger partial charge < -0.3 is 11.5 Å². The van der Waals surface area contributed by atoms with Crippen molar-refractivity contribution in [1.29, 1.82) is 0 Å². The van der Waals surface area contributed by atoms with Crippen LogP contribution in [0, 0.1) is 0 Å². The number of nitrogens with zero attached hydrogens (tertiary/aromatic N) is 1. The number of nitrogens with two attached hydrogens (primary N) is 2. The van der Waals surface area contributed by atoms with Crippen LogP contribution in [0.4, 0.5) is 0 Å². The van der Waals surface area contributed by atoms with E-state index in [4.69, 9.17) is 11.5 Å². The highest BCUT2D eigenvalue weighted by Gasteiger charge is 1.89. The summed E-state index contributed by atoms with van der Waals surface area (Å²) in [5.74, 6) is 0.536. The summed E-state index contributed by atoms with van der Waals surface area (Å²) in [5, 5.41) is 0. The molecular weight excluding hydrogens is 162 g/mol. The van der Waals surface area contributed by atoms with Crippen LogP contribution in [0.5, 0.6) is 0 Å². The molecule has 0 aromatic heterocycles. The Morgan fingerprint density at radius 1 is 1.55 bits per heavy atom. The summed E-state index contributed by atoms with van der Waals surface area (Å²) in [4.78, 5) is 4.03. The van der Waals surface area contributed by atoms with Gasteiger partial charge in [-0.05, 0) is 25.5 Å². The summed E-state index contributed by atoms with van der Waals surface area (Å²) in [6.45, 7) is 6.84. The van der Waals surface area contributed by atoms with Gasteiger partial charge in [-0.15, -0.1) is 12.4 Å². The summed E-state index contributed by atoms with van der Waals surface area (Å²) >= 11 is 0. The molecule has 4 heteroatoms. The van der Waals surface area contributed by atoms with Crippen LogP contribution in [0.2, 0.25) is 0 Å². The molecule has 0 saturated carbocycles. The van der Waals surface area contributed by atoms with E-state index < -0.39 is 0 Å². The average molecular weight is 178 g/mol. The molecule has 3 nitrogen and oxygen atoms in total. The number of amidine groups is 1. The van der Waals surface area contributed by atoms with Crippen molar-refractivity contribution in [3.63, 3.8) is 0 Å². The molecule has 0 atom stereocenters. The van der Waals surface area contributed by atoms with Gasteiger partial charge in [-0.3, -0.25) is 4.99 Å². The van der Waals surface area contributed by atoms with E-state index in [0.717, 1.165) is 12.0 Å². The van der Waals surface area contributed by atoms with Gasteiger partial charge in [0, 0.05) is 6.54 Å². The maximum atomic E-state index is 5.47. The molecule has 0 rings (SSSR count). The Labute approximate surface area is 74.0 Å². The molecule has 0 fully saturated rings. The molecule has 0 bridgehead atoms. The van der Waals surface area contributed by atoms with Gasteiger partial charge in [0.2, 0.25) is 0 Å². The molecule has 0 aliphatic carbocycles. The number of aliphatic imine (C=N–C) groups is 1. The van der Waals surface area contributed by atoms with Crippen LogP contribution >= 0.6 is 12.4 Å². The highest BCUT2D eigenvalue weighted by atomic mass is 35.5. The lowest BCUT2D eigenvalue weighted by Crippen LogP contribution is -2.13. The van der Waals surface area contributed by atoms with E-state index in [1.54, 1.807) is 0 Å². The van der Waals surface area contributed by atoms with Crippen LogP contribution in [0.3, 0.4) is 0 Å². The van der Waals surface area contributed by atoms with Crippen molar-refractivity contribution < 1.29 is 0 Å². The average Bonchev–Trinajstić information content (AvgIpc) is 1.88. The van der Waals surface area contributed by atoms with Crippen molar-refractivity contribution in [2.24, 2.45) is 16.5 Å². The molecule has 11 heavy (non-hydrogen) atoms. The highest BCUT2D eigenvalue weighted by molar-refractivity contribution is 5.95. The fourth-order valence-electron chi connectivity index (χ4n) is 0.426. The zero-order valence-corrected chi connectivity index (χ0v) is 7.66. The standard InChI is InChI=1S/C7H15N3.ClH/c1-6(2)7(9)10-5-3-4-8;/h1,3-5,8H2,2H3,(H2,9,10);1H. The van der Waals surface area contributed by atoms with Crippen molar-refractivity contribution in [3.8, 4) is 0 Å². The molecular formula is C7H16ClN3. The van der Waals surface area contributed by atoms with Crippen molar-refractivity contribution in [2.75, 3.05) is 13.1 Å². The minimum Gasteiger partial charge on any atom is -0.384 e. The zero-order chi connectivity index (χ0) is 7.98. The van der Waals surface area contributed by atoms with Crippen LogP contribution in [0.25, 0.3) is 0 Å². The van der Waals surface area contributed by atoms with E-state index in [-0.39, 0.29) is 12.4 Å². The molecule has 0 saturated heterocycles. The third-order valence-electron chi connectivity index (χ3n) is 1.08. The van der Waals surface area contributed by atoms with Crippen molar-refractivity contribution in [1.82, 2.24) is 0 Å². The summed E-state index contributed by atoms with van der Waals surface area (Å²) < 4.78 is 0. The molecule has 0 aliphatic heterocycles. The Bertz CT molecular complexity index is 143. The maximum absolute atomic E-state index is 5.47. The second-order valence-corrected chi connectivity index (χ2v) is 2.19. The van der Waals surface area contributed by atoms with Gasteiger partial charge in [-0.25, -0.2) is 0 Å². The maximum Gasteiger partial charge on any atom is 0.120 e. The van der Waals surface area contributed by atoms with E-state index >= 15 is 0 Å². The van der Waals surface area contributed by atoms with Crippen LogP contribution < -0.4 is 11.5 Å². The molecule has 0 unspecified atom stereocenters. The van der Waals surface area contributed by atoms with Crippen LogP contribution in [-0.4, -0.2) is 18.9 Å². The van der Waals surface area contributed by atoms with Gasteiger partial charge in [-0.2, -0.15) is 0 Å². The second kappa shape index (κ2) is 7.57. The predicted molar refractivity (Wildman–Crippen MR) is 52.2 cm³/mol. The number of rotatable bonds is 4. The minimum atomic E-state index is 0. The Hall–Kier alpha value is -0.540. The molecule has 0 aliphatic rings. The molecule has 0 aromatic rings. The first-order valence-corrected chi connectivity index (χ1v) is 3.34. The quantitative estimate of drug-likeness (QED) is 0.377. The Kier molecular flexibility index (Phi) is 9.00. The monoisotopic (exact) mass is 177 g/mol. The lowest BCUT2D eigenvalue weighted by atomic mass is 10.3. The normalized spacial score (nSPS) is 10.5. The molecule has 66 valence electrons. The minimum absolute atomic E-state index is 0. The Balaban J connectivity index is 0. The van der Waals surface area contributed by atoms with Gasteiger partial charge in [0.15, 0.2) is 0 Å². The van der Waals surface area contributed by atoms with Crippen molar-refractivity contribution in [3.05, 3.63) is 12.2 Å². The highest BCUT2D eigenvalue weighted by Crippen LogP contribution is 1.87. The zero-order valence-electron chi connectivity index (χ0n) is 6.84. The van der Waals surface area contributed by atoms with Crippen LogP contribution in [0.15, 0.2) is 17.1 Å². The number of halogens is 1. The summed E-state index contributed by atoms with van der Waals surface area (Å²) in [7, 11) is 0. The molecule has 0 spiro atoms. The fourth-order valence-corrected chi connectivity index (χ4v) is 0.426. The summed E-state index contributed by atoms with van der Waals surface area (Å²) in [6.07, 6.45) is 0.883. The number of hydrogen-bond donors (Lipinski definition) is 2. The van der Waals surface area contributed by atoms with E-state index in [1.807, 2.05) is 6.92 Å². The third kappa shape index (κ3) is 7.36. The second-order valence-electron chi connectivity index (χ2n) is 2.19. The van der Waals surface area contributed by atoms with E-state index in [0.29, 0.717) is 18.9 Å². The van der Waals surface area contributed by atoms with Gasteiger partial charge in [-0.1, -0.05) is 6.58 Å². The first-order valence-electron chi connectivity index (χ1n) is 3.34. The van der Waals surface area contributed by atoms with Crippen molar-refractivity contribution >= 4 is 18.2 Å². The Morgan fingerprint density at radius 3 is 2.45 bits per heavy atom. The predicted octanol–water partition coefficient (Wildman–Crippen LogP) is 0.690. The summed E-state index contributed by atoms with van der Waals surface area (Å²) in [6, 6.07) is 0. The first-order chi connectivity index (χ1) is 4.68. The Morgan fingerprint density at radius 2 is 2.09 bits per heavy atom. The van der Waals surface area contributed by atoms with Gasteiger partial charge in [0.05, 0.1) is 0 Å². The molecule has 0 radical (unpaired) electrons. The summed E-state index contributed by atoms with van der Waals surface area (Å²) in [5.41, 5.74) is 11.5. The van der Waals surface area contributed by atoms with Gasteiger partial charge >= 0.3 is 0 Å². The molecule has 0 aromatic carbocycles. The first kappa shape index (κ1) is 13.1. The fraction of sp³-hybridized carbons (Fsp3) is 0.571. The topological polar surface area (TPSA) is 64.4 Å². The lowest BCUT2D eigenvalue weighted by molar-refractivity contribution is 0.844. The van der Waals surface area contributed by atoms with E-state index in [2.05, 4.69) is 11.6 Å². The van der Waals surface area contributed by atoms with Crippen LogP contribution in [0.1, 0.15) is 13.3 Å². The van der Waals surface area contributed by atoms with E-state index in [9.17, 15) is 0 Å². The molecule has 4 N–H and O–H groups in total. The smallest absolute Gasteiger partial charge is 0.120 e. The van der Waals surface area contributed by atoms with E-state index in [1.165, 1.54) is 0 Å². The SMILES string of the molecule is C=C(C)C(N)=NCCCN.Cl. The van der Waals surface area contributed by atoms with Crippen molar-refractivity contribution in [2.45, 2.75) is 13.3 Å². The number of hydrogen-bond acceptors (Lipinski definition) is 2. The molecule has 0 amide bonds. The van der Waals surface area contributed by atoms with Crippen LogP contribution in [-0.2, 0) is 0 Å². The largest absolute Gasteiger partial charge is 0.384 e. The van der Waals surface area contributed by atoms with Gasteiger partial charge in [0.1, 0.15) is 5.84 Å².